The number of ether oxygens (including phenoxy) is 2. The van der Waals surface area contributed by atoms with Crippen LogP contribution in [-0.4, -0.2) is 25.9 Å². The third-order valence-electron chi connectivity index (χ3n) is 3.48. The summed E-state index contributed by atoms with van der Waals surface area (Å²) >= 11 is 11.1. The molecule has 0 saturated carbocycles. The van der Waals surface area contributed by atoms with Gasteiger partial charge < -0.3 is 20.1 Å². The van der Waals surface area contributed by atoms with Gasteiger partial charge in [-0.1, -0.05) is 17.7 Å². The fourth-order valence-corrected chi connectivity index (χ4v) is 2.58. The molecule has 0 aliphatic carbocycles. The lowest BCUT2D eigenvalue weighted by Gasteiger charge is -2.11. The Morgan fingerprint density at radius 3 is 2.42 bits per heavy atom. The Kier molecular flexibility index (Phi) is 7.15. The van der Waals surface area contributed by atoms with E-state index in [4.69, 9.17) is 33.3 Å². The van der Waals surface area contributed by atoms with E-state index in [0.717, 1.165) is 36.6 Å². The zero-order valence-electron chi connectivity index (χ0n) is 13.8. The minimum atomic E-state index is 0.602. The van der Waals surface area contributed by atoms with Crippen LogP contribution in [0.25, 0.3) is 0 Å². The van der Waals surface area contributed by atoms with Crippen LogP contribution < -0.4 is 20.1 Å². The van der Waals surface area contributed by atoms with Gasteiger partial charge in [0.2, 0.25) is 0 Å². The van der Waals surface area contributed by atoms with Gasteiger partial charge in [0, 0.05) is 17.3 Å². The lowest BCUT2D eigenvalue weighted by atomic mass is 10.1. The molecular formula is C18H21ClN2O2S. The van der Waals surface area contributed by atoms with E-state index in [9.17, 15) is 0 Å². The molecule has 0 aliphatic rings. The van der Waals surface area contributed by atoms with E-state index in [0.29, 0.717) is 10.1 Å². The first-order chi connectivity index (χ1) is 11.6. The number of methoxy groups -OCH3 is 2. The van der Waals surface area contributed by atoms with Crippen molar-refractivity contribution in [2.45, 2.75) is 12.8 Å². The van der Waals surface area contributed by atoms with E-state index >= 15 is 0 Å². The molecule has 0 fully saturated rings. The first-order valence-corrected chi connectivity index (χ1v) is 8.42. The fraction of sp³-hybridized carbons (Fsp3) is 0.278. The number of rotatable bonds is 7. The highest BCUT2D eigenvalue weighted by Gasteiger charge is 2.04. The Morgan fingerprint density at radius 2 is 1.75 bits per heavy atom. The Morgan fingerprint density at radius 1 is 1.04 bits per heavy atom. The van der Waals surface area contributed by atoms with Crippen molar-refractivity contribution in [2.24, 2.45) is 0 Å². The predicted octanol–water partition coefficient (Wildman–Crippen LogP) is 4.28. The van der Waals surface area contributed by atoms with Gasteiger partial charge in [0.25, 0.3) is 0 Å². The first kappa shape index (κ1) is 18.4. The highest BCUT2D eigenvalue weighted by Crippen LogP contribution is 2.27. The lowest BCUT2D eigenvalue weighted by Crippen LogP contribution is -2.29. The van der Waals surface area contributed by atoms with E-state index < -0.39 is 0 Å². The van der Waals surface area contributed by atoms with Gasteiger partial charge in [-0.3, -0.25) is 0 Å². The van der Waals surface area contributed by atoms with Gasteiger partial charge in [-0.05, 0) is 67.0 Å². The molecule has 0 unspecified atom stereocenters. The molecule has 0 atom stereocenters. The van der Waals surface area contributed by atoms with E-state index in [1.165, 1.54) is 5.56 Å². The molecule has 2 aromatic rings. The number of anilines is 1. The van der Waals surface area contributed by atoms with Crippen molar-refractivity contribution < 1.29 is 9.47 Å². The minimum Gasteiger partial charge on any atom is -0.493 e. The summed E-state index contributed by atoms with van der Waals surface area (Å²) < 4.78 is 10.6. The molecule has 0 saturated heterocycles. The average molecular weight is 365 g/mol. The topological polar surface area (TPSA) is 42.5 Å². The van der Waals surface area contributed by atoms with Gasteiger partial charge in [0.15, 0.2) is 16.6 Å². The molecular weight excluding hydrogens is 344 g/mol. The number of hydrogen-bond acceptors (Lipinski definition) is 3. The number of benzene rings is 2. The Bertz CT molecular complexity index is 677. The van der Waals surface area contributed by atoms with Gasteiger partial charge in [0.1, 0.15) is 0 Å². The summed E-state index contributed by atoms with van der Waals surface area (Å²) in [6.45, 7) is 0.785. The standard InChI is InChI=1S/C18H21ClN2O2S/c1-22-16-10-5-13(12-17(16)23-2)4-3-11-20-18(24)21-15-8-6-14(19)7-9-15/h5-10,12H,3-4,11H2,1-2H3,(H2,20,21,24). The molecule has 0 aliphatic heterocycles. The molecule has 6 heteroatoms. The van der Waals surface area contributed by atoms with Gasteiger partial charge in [-0.2, -0.15) is 0 Å². The molecule has 0 aromatic heterocycles. The molecule has 0 heterocycles. The lowest BCUT2D eigenvalue weighted by molar-refractivity contribution is 0.354. The normalized spacial score (nSPS) is 10.1. The van der Waals surface area contributed by atoms with Crippen LogP contribution in [0.2, 0.25) is 5.02 Å². The van der Waals surface area contributed by atoms with Crippen molar-refractivity contribution in [1.29, 1.82) is 0 Å². The number of nitrogens with one attached hydrogen (secondary N) is 2. The summed E-state index contributed by atoms with van der Waals surface area (Å²) in [6, 6.07) is 13.4. The molecule has 0 radical (unpaired) electrons. The Labute approximate surface area is 153 Å². The molecule has 2 aromatic carbocycles. The van der Waals surface area contributed by atoms with E-state index in [1.807, 2.05) is 42.5 Å². The molecule has 24 heavy (non-hydrogen) atoms. The number of aryl methyl sites for hydroxylation is 1. The van der Waals surface area contributed by atoms with Crippen LogP contribution in [0.5, 0.6) is 11.5 Å². The van der Waals surface area contributed by atoms with Crippen LogP contribution in [-0.2, 0) is 6.42 Å². The predicted molar refractivity (Wildman–Crippen MR) is 104 cm³/mol. The van der Waals surface area contributed by atoms with Crippen molar-refractivity contribution >= 4 is 34.6 Å². The number of halogens is 1. The highest BCUT2D eigenvalue weighted by atomic mass is 35.5. The fourth-order valence-electron chi connectivity index (χ4n) is 2.24. The van der Waals surface area contributed by atoms with Crippen molar-refractivity contribution in [2.75, 3.05) is 26.1 Å². The molecule has 4 nitrogen and oxygen atoms in total. The van der Waals surface area contributed by atoms with Crippen LogP contribution in [0, 0.1) is 0 Å². The third kappa shape index (κ3) is 5.58. The third-order valence-corrected chi connectivity index (χ3v) is 3.98. The average Bonchev–Trinajstić information content (AvgIpc) is 2.60. The SMILES string of the molecule is COc1ccc(CCCNC(=S)Nc2ccc(Cl)cc2)cc1OC. The monoisotopic (exact) mass is 364 g/mol. The second-order valence-corrected chi connectivity index (χ2v) is 6.03. The smallest absolute Gasteiger partial charge is 0.170 e. The van der Waals surface area contributed by atoms with Crippen molar-refractivity contribution in [3.63, 3.8) is 0 Å². The Balaban J connectivity index is 1.74. The summed E-state index contributed by atoms with van der Waals surface area (Å²) in [7, 11) is 3.28. The maximum atomic E-state index is 5.86. The zero-order chi connectivity index (χ0) is 17.4. The summed E-state index contributed by atoms with van der Waals surface area (Å²) in [4.78, 5) is 0. The second kappa shape index (κ2) is 9.35. The highest BCUT2D eigenvalue weighted by molar-refractivity contribution is 7.80. The van der Waals surface area contributed by atoms with Crippen molar-refractivity contribution in [3.8, 4) is 11.5 Å². The van der Waals surface area contributed by atoms with E-state index in [-0.39, 0.29) is 0 Å². The molecule has 128 valence electrons. The van der Waals surface area contributed by atoms with Crippen LogP contribution in [0.15, 0.2) is 42.5 Å². The molecule has 0 spiro atoms. The van der Waals surface area contributed by atoms with Crippen molar-refractivity contribution in [3.05, 3.63) is 53.1 Å². The molecule has 2 N–H and O–H groups in total. The van der Waals surface area contributed by atoms with Crippen LogP contribution in [0.1, 0.15) is 12.0 Å². The van der Waals surface area contributed by atoms with E-state index in [1.54, 1.807) is 14.2 Å². The summed E-state index contributed by atoms with van der Waals surface area (Å²) in [6.07, 6.45) is 1.88. The summed E-state index contributed by atoms with van der Waals surface area (Å²) in [5.41, 5.74) is 2.11. The van der Waals surface area contributed by atoms with Crippen LogP contribution in [0.3, 0.4) is 0 Å². The summed E-state index contributed by atoms with van der Waals surface area (Å²) in [5, 5.41) is 7.63. The molecule has 0 bridgehead atoms. The maximum Gasteiger partial charge on any atom is 0.170 e. The van der Waals surface area contributed by atoms with Gasteiger partial charge in [-0.25, -0.2) is 0 Å². The van der Waals surface area contributed by atoms with Gasteiger partial charge in [-0.15, -0.1) is 0 Å². The van der Waals surface area contributed by atoms with Gasteiger partial charge in [0.05, 0.1) is 14.2 Å². The van der Waals surface area contributed by atoms with Crippen LogP contribution in [0.4, 0.5) is 5.69 Å². The van der Waals surface area contributed by atoms with E-state index in [2.05, 4.69) is 10.6 Å². The molecule has 0 amide bonds. The first-order valence-electron chi connectivity index (χ1n) is 7.63. The zero-order valence-corrected chi connectivity index (χ0v) is 15.3. The summed E-state index contributed by atoms with van der Waals surface area (Å²) in [5.74, 6) is 1.50. The Hall–Kier alpha value is -1.98. The quantitative estimate of drug-likeness (QED) is 0.567. The van der Waals surface area contributed by atoms with Gasteiger partial charge >= 0.3 is 0 Å². The second-order valence-electron chi connectivity index (χ2n) is 5.18. The molecule has 2 rings (SSSR count). The minimum absolute atomic E-state index is 0.602. The van der Waals surface area contributed by atoms with Crippen molar-refractivity contribution in [1.82, 2.24) is 5.32 Å². The largest absolute Gasteiger partial charge is 0.493 e. The number of hydrogen-bond donors (Lipinski definition) is 2. The maximum absolute atomic E-state index is 5.86. The van der Waals surface area contributed by atoms with Crippen LogP contribution >= 0.6 is 23.8 Å². The number of thiocarbonyl (C=S) groups is 1.